The number of hydrogen-bond acceptors (Lipinski definition) is 5. The van der Waals surface area contributed by atoms with E-state index in [1.54, 1.807) is 44.6 Å². The maximum atomic E-state index is 16.1. The van der Waals surface area contributed by atoms with Crippen molar-refractivity contribution >= 4 is 51.1 Å². The van der Waals surface area contributed by atoms with E-state index < -0.39 is 35.1 Å². The lowest BCUT2D eigenvalue weighted by Crippen LogP contribution is -2.46. The van der Waals surface area contributed by atoms with E-state index in [2.05, 4.69) is 82.7 Å². The largest absolute Gasteiger partial charge is 0.382 e. The molecule has 2 aromatic rings. The molecule has 10 heteroatoms. The van der Waals surface area contributed by atoms with Crippen LogP contribution in [0.5, 0.6) is 0 Å². The Hall–Kier alpha value is -1.40. The highest BCUT2D eigenvalue weighted by molar-refractivity contribution is 14.1. The molecule has 1 amide bonds. The number of benzene rings is 2. The summed E-state index contributed by atoms with van der Waals surface area (Å²) in [6.45, 7) is 6.85. The van der Waals surface area contributed by atoms with Gasteiger partial charge in [-0.1, -0.05) is 96.3 Å². The van der Waals surface area contributed by atoms with Gasteiger partial charge in [-0.05, 0) is 46.6 Å². The van der Waals surface area contributed by atoms with Gasteiger partial charge in [0.2, 0.25) is 5.91 Å². The quantitative estimate of drug-likeness (QED) is 0.194. The fraction of sp³-hybridized carbons (Fsp3) is 0.548. The number of carbonyl (C=O) groups is 1. The maximum absolute atomic E-state index is 16.1. The number of alkyl halides is 2. The van der Waals surface area contributed by atoms with E-state index in [0.717, 1.165) is 0 Å². The molecule has 3 rings (SSSR count). The van der Waals surface area contributed by atoms with Crippen LogP contribution in [0.25, 0.3) is 0 Å². The van der Waals surface area contributed by atoms with E-state index in [9.17, 15) is 10.1 Å². The second-order valence-electron chi connectivity index (χ2n) is 11.7. The van der Waals surface area contributed by atoms with Crippen molar-refractivity contribution in [3.8, 4) is 6.07 Å². The summed E-state index contributed by atoms with van der Waals surface area (Å²) in [7, 11) is 3.17. The van der Waals surface area contributed by atoms with Crippen LogP contribution >= 0.6 is 45.2 Å². The highest BCUT2D eigenvalue weighted by atomic mass is 127. The van der Waals surface area contributed by atoms with Crippen molar-refractivity contribution < 1.29 is 23.0 Å². The fourth-order valence-electron chi connectivity index (χ4n) is 5.78. The van der Waals surface area contributed by atoms with Crippen LogP contribution < -0.4 is 10.6 Å². The Labute approximate surface area is 269 Å². The number of rotatable bonds is 12. The van der Waals surface area contributed by atoms with E-state index in [-0.39, 0.29) is 23.0 Å². The first kappa shape index (κ1) is 34.1. The molecule has 0 aliphatic carbocycles. The molecule has 0 spiro atoms. The second kappa shape index (κ2) is 14.9. The van der Waals surface area contributed by atoms with Gasteiger partial charge in [0, 0.05) is 41.6 Å². The minimum atomic E-state index is -1.42. The summed E-state index contributed by atoms with van der Waals surface area (Å²) >= 11 is 4.20. The molecular formula is C31H39F2I2N3O3. The third kappa shape index (κ3) is 7.58. The Morgan fingerprint density at radius 2 is 1.88 bits per heavy atom. The van der Waals surface area contributed by atoms with Crippen molar-refractivity contribution in [3.63, 3.8) is 0 Å². The van der Waals surface area contributed by atoms with E-state index in [4.69, 9.17) is 9.47 Å². The lowest BCUT2D eigenvalue weighted by Gasteiger charge is -2.37. The number of ether oxygens (including phenoxy) is 2. The van der Waals surface area contributed by atoms with Crippen LogP contribution in [-0.2, 0) is 28.5 Å². The highest BCUT2D eigenvalue weighted by Gasteiger charge is 2.60. The molecular weight excluding hydrogens is 754 g/mol. The molecule has 1 heterocycles. The van der Waals surface area contributed by atoms with Gasteiger partial charge in [0.05, 0.1) is 24.8 Å². The third-order valence-electron chi connectivity index (χ3n) is 7.75. The van der Waals surface area contributed by atoms with Gasteiger partial charge in [0.25, 0.3) is 0 Å². The first-order chi connectivity index (χ1) is 19.5. The fourth-order valence-corrected chi connectivity index (χ4v) is 6.99. The predicted molar refractivity (Wildman–Crippen MR) is 173 cm³/mol. The smallest absolute Gasteiger partial charge is 0.237 e. The van der Waals surface area contributed by atoms with Crippen LogP contribution in [0.3, 0.4) is 0 Å². The molecule has 1 aliphatic rings. The van der Waals surface area contributed by atoms with E-state index in [1.165, 1.54) is 6.07 Å². The monoisotopic (exact) mass is 793 g/mol. The number of methoxy groups -OCH3 is 2. The van der Waals surface area contributed by atoms with Gasteiger partial charge in [0.1, 0.15) is 17.0 Å². The Balaban J connectivity index is 2.20. The molecule has 41 heavy (non-hydrogen) atoms. The zero-order chi connectivity index (χ0) is 30.4. The molecule has 0 bridgehead atoms. The molecule has 0 aromatic heterocycles. The molecule has 6 nitrogen and oxygen atoms in total. The molecule has 5 atom stereocenters. The summed E-state index contributed by atoms with van der Waals surface area (Å²) in [5.74, 6) is -2.11. The summed E-state index contributed by atoms with van der Waals surface area (Å²) in [5, 5.41) is 17.5. The van der Waals surface area contributed by atoms with Gasteiger partial charge in [-0.3, -0.25) is 4.79 Å². The first-order valence-corrected chi connectivity index (χ1v) is 16.7. The standard InChI is InChI=1S/C31H39F2I2N3O3/c1-30(2,3)14-25-31(18-36,21-10-9-19(15-34)24(32)13-21)26(23-8-6-7-20(16-35)27(23)33)28(38-25)29(39)37-12-11-22(41-5)17-40-4/h6-10,13,22,25-26,28,38H,11-12,14-17H2,1-5H3,(H,37,39)/t22-,25-,26-,28+,31-/m0/s1. The highest BCUT2D eigenvalue weighted by Crippen LogP contribution is 2.52. The minimum absolute atomic E-state index is 0.198. The van der Waals surface area contributed by atoms with Crippen molar-refractivity contribution in [3.05, 3.63) is 70.3 Å². The number of amides is 1. The third-order valence-corrected chi connectivity index (χ3v) is 9.40. The van der Waals surface area contributed by atoms with Crippen molar-refractivity contribution in [2.45, 2.75) is 72.0 Å². The summed E-state index contributed by atoms with van der Waals surface area (Å²) in [6, 6.07) is 11.0. The Morgan fingerprint density at radius 1 is 1.17 bits per heavy atom. The summed E-state index contributed by atoms with van der Waals surface area (Å²) in [6.07, 6.45) is 0.824. The number of nitrogens with zero attached hydrogens (tertiary/aromatic N) is 1. The van der Waals surface area contributed by atoms with E-state index in [1.807, 2.05) is 0 Å². The van der Waals surface area contributed by atoms with Gasteiger partial charge in [-0.25, -0.2) is 8.78 Å². The molecule has 1 saturated heterocycles. The zero-order valence-corrected chi connectivity index (χ0v) is 28.5. The van der Waals surface area contributed by atoms with Crippen molar-refractivity contribution in [1.82, 2.24) is 10.6 Å². The van der Waals surface area contributed by atoms with E-state index >= 15 is 8.78 Å². The Kier molecular flexibility index (Phi) is 12.4. The van der Waals surface area contributed by atoms with Crippen molar-refractivity contribution in [2.75, 3.05) is 27.4 Å². The van der Waals surface area contributed by atoms with E-state index in [0.29, 0.717) is 51.5 Å². The summed E-state index contributed by atoms with van der Waals surface area (Å²) < 4.78 is 42.9. The maximum Gasteiger partial charge on any atom is 0.237 e. The van der Waals surface area contributed by atoms with Crippen molar-refractivity contribution in [2.24, 2.45) is 5.41 Å². The average molecular weight is 793 g/mol. The van der Waals surface area contributed by atoms with Crippen LogP contribution in [0.1, 0.15) is 61.8 Å². The minimum Gasteiger partial charge on any atom is -0.382 e. The van der Waals surface area contributed by atoms with Gasteiger partial charge < -0.3 is 20.1 Å². The molecule has 224 valence electrons. The molecule has 2 aromatic carbocycles. The van der Waals surface area contributed by atoms with Gasteiger partial charge in [0.15, 0.2) is 0 Å². The lowest BCUT2D eigenvalue weighted by molar-refractivity contribution is -0.123. The summed E-state index contributed by atoms with van der Waals surface area (Å²) in [5.41, 5.74) is 0.0562. The zero-order valence-electron chi connectivity index (χ0n) is 24.2. The molecule has 1 aliphatic heterocycles. The number of halogens is 4. The van der Waals surface area contributed by atoms with Gasteiger partial charge >= 0.3 is 0 Å². The predicted octanol–water partition coefficient (Wildman–Crippen LogP) is 6.32. The van der Waals surface area contributed by atoms with Crippen molar-refractivity contribution in [1.29, 1.82) is 5.26 Å². The SMILES string of the molecule is COC[C@H](CCNC(=O)[C@@H]1N[C@@H](CC(C)(C)C)[C@](C#N)(c2ccc(CI)c(F)c2)[C@H]1c1cccc(CI)c1F)OC. The van der Waals surface area contributed by atoms with Crippen LogP contribution in [-0.4, -0.2) is 51.5 Å². The van der Waals surface area contributed by atoms with Crippen LogP contribution in [0.15, 0.2) is 36.4 Å². The first-order valence-electron chi connectivity index (χ1n) is 13.6. The van der Waals surface area contributed by atoms with Crippen LogP contribution in [0, 0.1) is 28.4 Å². The van der Waals surface area contributed by atoms with Crippen LogP contribution in [0.2, 0.25) is 0 Å². The molecule has 0 radical (unpaired) electrons. The van der Waals surface area contributed by atoms with Gasteiger partial charge in [-0.15, -0.1) is 0 Å². The summed E-state index contributed by atoms with van der Waals surface area (Å²) in [4.78, 5) is 13.9. The molecule has 1 fully saturated rings. The number of carbonyl (C=O) groups excluding carboxylic acids is 1. The normalized spacial score (nSPS) is 23.3. The average Bonchev–Trinajstić information content (AvgIpc) is 3.25. The van der Waals surface area contributed by atoms with Gasteiger partial charge in [-0.2, -0.15) is 5.26 Å². The van der Waals surface area contributed by atoms with Crippen LogP contribution in [0.4, 0.5) is 8.78 Å². The molecule has 2 N–H and O–H groups in total. The topological polar surface area (TPSA) is 83.4 Å². The number of hydrogen-bond donors (Lipinski definition) is 2. The molecule has 0 unspecified atom stereocenters. The second-order valence-corrected chi connectivity index (χ2v) is 13.2. The molecule has 0 saturated carbocycles. The Bertz CT molecular complexity index is 1250. The number of nitrogens with one attached hydrogen (secondary N) is 2. The Morgan fingerprint density at radius 3 is 2.44 bits per heavy atom. The number of nitriles is 1. The lowest BCUT2D eigenvalue weighted by atomic mass is 9.62.